The highest BCUT2D eigenvalue weighted by Crippen LogP contribution is 2.35. The quantitative estimate of drug-likeness (QED) is 0.767. The Bertz CT molecular complexity index is 576. The summed E-state index contributed by atoms with van der Waals surface area (Å²) in [6, 6.07) is 1.80. The van der Waals surface area contributed by atoms with Gasteiger partial charge in [0.1, 0.15) is 0 Å². The number of carbonyl (C=O) groups excluding carboxylic acids is 2. The van der Waals surface area contributed by atoms with E-state index < -0.39 is 0 Å². The molecule has 5 nitrogen and oxygen atoms in total. The maximum atomic E-state index is 12.3. The van der Waals surface area contributed by atoms with Crippen LogP contribution in [0.15, 0.2) is 16.8 Å². The van der Waals surface area contributed by atoms with Crippen LogP contribution in [0, 0.1) is 0 Å². The maximum Gasteiger partial charge on any atom is 0.252 e. The monoisotopic (exact) mass is 377 g/mol. The Balaban J connectivity index is 1.44. The van der Waals surface area contributed by atoms with E-state index in [0.717, 1.165) is 6.54 Å². The van der Waals surface area contributed by atoms with Crippen molar-refractivity contribution in [3.8, 4) is 0 Å². The molecule has 1 aromatic rings. The highest BCUT2D eigenvalue weighted by atomic mass is 32.1. The fourth-order valence-corrected chi connectivity index (χ4v) is 4.96. The molecule has 2 aliphatic rings. The van der Waals surface area contributed by atoms with Crippen molar-refractivity contribution in [2.75, 3.05) is 26.2 Å². The summed E-state index contributed by atoms with van der Waals surface area (Å²) in [6.45, 7) is 3.49. The van der Waals surface area contributed by atoms with Gasteiger partial charge in [-0.15, -0.1) is 0 Å². The second kappa shape index (κ2) is 9.51. The van der Waals surface area contributed by atoms with Crippen molar-refractivity contribution in [1.82, 2.24) is 15.5 Å². The van der Waals surface area contributed by atoms with Crippen LogP contribution in [0.2, 0.25) is 0 Å². The van der Waals surface area contributed by atoms with Gasteiger partial charge in [0.2, 0.25) is 5.91 Å². The Kier molecular flexibility index (Phi) is 7.08. The van der Waals surface area contributed by atoms with E-state index in [1.165, 1.54) is 75.8 Å². The Labute approximate surface area is 160 Å². The molecule has 2 heterocycles. The normalized spacial score (nSPS) is 20.5. The van der Waals surface area contributed by atoms with Crippen molar-refractivity contribution in [2.45, 2.75) is 63.3 Å². The molecule has 0 spiro atoms. The molecular weight excluding hydrogens is 346 g/mol. The lowest BCUT2D eigenvalue weighted by molar-refractivity contribution is -0.122. The third-order valence-corrected chi connectivity index (χ3v) is 6.53. The SMILES string of the molecule is O=C(CCNC(=O)c1ccsc1)NCC1(N2CCCCC2)CCCCC1. The van der Waals surface area contributed by atoms with Gasteiger partial charge in [-0.1, -0.05) is 25.7 Å². The minimum atomic E-state index is -0.101. The van der Waals surface area contributed by atoms with Crippen LogP contribution in [-0.2, 0) is 4.79 Å². The van der Waals surface area contributed by atoms with Crippen LogP contribution in [0.5, 0.6) is 0 Å². The van der Waals surface area contributed by atoms with Crippen LogP contribution in [0.1, 0.15) is 68.1 Å². The zero-order valence-electron chi connectivity index (χ0n) is 15.6. The summed E-state index contributed by atoms with van der Waals surface area (Å²) in [5.74, 6) is -0.0614. The van der Waals surface area contributed by atoms with Gasteiger partial charge in [0.05, 0.1) is 0 Å². The van der Waals surface area contributed by atoms with Crippen molar-refractivity contribution in [2.24, 2.45) is 0 Å². The van der Waals surface area contributed by atoms with E-state index >= 15 is 0 Å². The van der Waals surface area contributed by atoms with Gasteiger partial charge < -0.3 is 10.6 Å². The van der Waals surface area contributed by atoms with E-state index in [-0.39, 0.29) is 17.4 Å². The largest absolute Gasteiger partial charge is 0.354 e. The average molecular weight is 378 g/mol. The molecule has 3 rings (SSSR count). The molecule has 26 heavy (non-hydrogen) atoms. The summed E-state index contributed by atoms with van der Waals surface area (Å²) in [6.07, 6.45) is 10.5. The van der Waals surface area contributed by atoms with Crippen molar-refractivity contribution < 1.29 is 9.59 Å². The molecule has 0 unspecified atom stereocenters. The van der Waals surface area contributed by atoms with E-state index in [1.54, 1.807) is 6.07 Å². The number of nitrogens with one attached hydrogen (secondary N) is 2. The number of amides is 2. The summed E-state index contributed by atoms with van der Waals surface area (Å²) in [7, 11) is 0. The van der Waals surface area contributed by atoms with Crippen LogP contribution in [0.3, 0.4) is 0 Å². The highest BCUT2D eigenvalue weighted by Gasteiger charge is 2.38. The molecule has 1 saturated heterocycles. The van der Waals surface area contributed by atoms with Gasteiger partial charge in [-0.3, -0.25) is 14.5 Å². The van der Waals surface area contributed by atoms with E-state index in [4.69, 9.17) is 0 Å². The zero-order valence-corrected chi connectivity index (χ0v) is 16.4. The third-order valence-electron chi connectivity index (χ3n) is 5.85. The number of carbonyl (C=O) groups is 2. The first kappa shape index (κ1) is 19.4. The number of rotatable bonds is 7. The van der Waals surface area contributed by atoms with Gasteiger partial charge in [-0.2, -0.15) is 11.3 Å². The molecule has 0 radical (unpaired) electrons. The molecule has 144 valence electrons. The van der Waals surface area contributed by atoms with Gasteiger partial charge in [-0.05, 0) is 50.2 Å². The first-order valence-corrected chi connectivity index (χ1v) is 11.0. The molecule has 1 aliphatic heterocycles. The van der Waals surface area contributed by atoms with Gasteiger partial charge in [-0.25, -0.2) is 0 Å². The summed E-state index contributed by atoms with van der Waals surface area (Å²) >= 11 is 1.50. The van der Waals surface area contributed by atoms with Gasteiger partial charge in [0.15, 0.2) is 0 Å². The predicted molar refractivity (Wildman–Crippen MR) is 106 cm³/mol. The van der Waals surface area contributed by atoms with Crippen LogP contribution in [0.25, 0.3) is 0 Å². The summed E-state index contributed by atoms with van der Waals surface area (Å²) in [4.78, 5) is 26.9. The Morgan fingerprint density at radius 1 is 1.04 bits per heavy atom. The Morgan fingerprint density at radius 2 is 1.77 bits per heavy atom. The van der Waals surface area contributed by atoms with Crippen molar-refractivity contribution in [3.05, 3.63) is 22.4 Å². The number of hydrogen-bond acceptors (Lipinski definition) is 4. The number of hydrogen-bond donors (Lipinski definition) is 2. The number of likely N-dealkylation sites (tertiary alicyclic amines) is 1. The van der Waals surface area contributed by atoms with Crippen LogP contribution in [-0.4, -0.2) is 48.4 Å². The lowest BCUT2D eigenvalue weighted by Gasteiger charge is -2.48. The number of piperidine rings is 1. The maximum absolute atomic E-state index is 12.3. The predicted octanol–water partition coefficient (Wildman–Crippen LogP) is 3.17. The van der Waals surface area contributed by atoms with Crippen molar-refractivity contribution >= 4 is 23.2 Å². The van der Waals surface area contributed by atoms with Gasteiger partial charge in [0.25, 0.3) is 5.91 Å². The van der Waals surface area contributed by atoms with Crippen LogP contribution >= 0.6 is 11.3 Å². The average Bonchev–Trinajstić information content (AvgIpc) is 3.23. The zero-order chi connectivity index (χ0) is 18.2. The van der Waals surface area contributed by atoms with Crippen molar-refractivity contribution in [3.63, 3.8) is 0 Å². The standard InChI is InChI=1S/C20H31N3O2S/c24-18(7-11-21-19(25)17-8-14-26-15-17)22-16-20(9-3-1-4-10-20)23-12-5-2-6-13-23/h8,14-15H,1-7,9-13,16H2,(H,21,25)(H,22,24). The molecule has 0 bridgehead atoms. The second-order valence-electron chi connectivity index (χ2n) is 7.63. The molecule has 2 N–H and O–H groups in total. The molecule has 0 atom stereocenters. The molecular formula is C20H31N3O2S. The van der Waals surface area contributed by atoms with E-state index in [9.17, 15) is 9.59 Å². The van der Waals surface area contributed by atoms with Crippen LogP contribution < -0.4 is 10.6 Å². The topological polar surface area (TPSA) is 61.4 Å². The lowest BCUT2D eigenvalue weighted by Crippen LogP contribution is -2.58. The molecule has 6 heteroatoms. The minimum Gasteiger partial charge on any atom is -0.354 e. The summed E-state index contributed by atoms with van der Waals surface area (Å²) in [5.41, 5.74) is 0.829. The van der Waals surface area contributed by atoms with Gasteiger partial charge in [0, 0.05) is 36.0 Å². The molecule has 0 aromatic carbocycles. The summed E-state index contributed by atoms with van der Waals surface area (Å²) < 4.78 is 0. The van der Waals surface area contributed by atoms with Crippen molar-refractivity contribution in [1.29, 1.82) is 0 Å². The number of nitrogens with zero attached hydrogens (tertiary/aromatic N) is 1. The fraction of sp³-hybridized carbons (Fsp3) is 0.700. The molecule has 2 fully saturated rings. The van der Waals surface area contributed by atoms with Crippen LogP contribution in [0.4, 0.5) is 0 Å². The Morgan fingerprint density at radius 3 is 2.46 bits per heavy atom. The van der Waals surface area contributed by atoms with E-state index in [2.05, 4.69) is 15.5 Å². The van der Waals surface area contributed by atoms with Gasteiger partial charge >= 0.3 is 0 Å². The molecule has 1 aromatic heterocycles. The highest BCUT2D eigenvalue weighted by molar-refractivity contribution is 7.08. The minimum absolute atomic E-state index is 0.0394. The molecule has 1 saturated carbocycles. The Hall–Kier alpha value is -1.40. The first-order chi connectivity index (χ1) is 12.7. The van der Waals surface area contributed by atoms with E-state index in [0.29, 0.717) is 18.5 Å². The fourth-order valence-electron chi connectivity index (χ4n) is 4.32. The lowest BCUT2D eigenvalue weighted by atomic mass is 9.79. The first-order valence-electron chi connectivity index (χ1n) is 10.0. The smallest absolute Gasteiger partial charge is 0.252 e. The van der Waals surface area contributed by atoms with E-state index in [1.807, 2.05) is 10.8 Å². The second-order valence-corrected chi connectivity index (χ2v) is 8.41. The number of thiophene rings is 1. The molecule has 2 amide bonds. The summed E-state index contributed by atoms with van der Waals surface area (Å²) in [5, 5.41) is 9.69. The third kappa shape index (κ3) is 5.07. The molecule has 1 aliphatic carbocycles.